The molecule has 1 aliphatic rings. The van der Waals surface area contributed by atoms with Crippen LogP contribution in [0.2, 0.25) is 0 Å². The Balaban J connectivity index is 1.70. The summed E-state index contributed by atoms with van der Waals surface area (Å²) in [6.45, 7) is 4.49. The quantitative estimate of drug-likeness (QED) is 0.910. The van der Waals surface area contributed by atoms with Crippen LogP contribution in [-0.4, -0.2) is 39.5 Å². The van der Waals surface area contributed by atoms with Crippen molar-refractivity contribution >= 4 is 23.2 Å². The summed E-state index contributed by atoms with van der Waals surface area (Å²) in [5, 5.41) is 12.1. The number of aromatic nitrogens is 1. The maximum Gasteiger partial charge on any atom is 0.308 e. The second-order valence-electron chi connectivity index (χ2n) is 6.60. The van der Waals surface area contributed by atoms with Crippen molar-refractivity contribution in [1.82, 2.24) is 9.88 Å². The molecule has 6 heteroatoms. The minimum atomic E-state index is -0.819. The standard InChI is InChI=1S/C19H22N2O3S/c1-12-5-3-6-14(9-12)18-20-15(11-25-18)10-17(22)21-8-4-7-16(13(21)2)19(23)24/h3,5-6,9,11,13,16H,4,7-8,10H2,1-2H3,(H,23,24)/t13-,16-/m1/s1. The van der Waals surface area contributed by atoms with Gasteiger partial charge in [0.15, 0.2) is 0 Å². The van der Waals surface area contributed by atoms with Gasteiger partial charge in [-0.15, -0.1) is 11.3 Å². The molecule has 0 unspecified atom stereocenters. The molecule has 25 heavy (non-hydrogen) atoms. The Hall–Kier alpha value is -2.21. The summed E-state index contributed by atoms with van der Waals surface area (Å²) in [6.07, 6.45) is 1.59. The van der Waals surface area contributed by atoms with Crippen LogP contribution in [0.15, 0.2) is 29.6 Å². The van der Waals surface area contributed by atoms with Crippen LogP contribution in [0, 0.1) is 12.8 Å². The van der Waals surface area contributed by atoms with Crippen molar-refractivity contribution in [3.05, 3.63) is 40.9 Å². The van der Waals surface area contributed by atoms with Gasteiger partial charge < -0.3 is 10.0 Å². The van der Waals surface area contributed by atoms with Gasteiger partial charge in [-0.25, -0.2) is 4.98 Å². The van der Waals surface area contributed by atoms with E-state index >= 15 is 0 Å². The third kappa shape index (κ3) is 3.90. The minimum absolute atomic E-state index is 0.0421. The number of piperidine rings is 1. The van der Waals surface area contributed by atoms with Gasteiger partial charge in [-0.1, -0.05) is 23.8 Å². The van der Waals surface area contributed by atoms with E-state index in [4.69, 9.17) is 0 Å². The average Bonchev–Trinajstić information content (AvgIpc) is 3.03. The maximum atomic E-state index is 12.6. The molecule has 3 rings (SSSR count). The highest BCUT2D eigenvalue weighted by Gasteiger charge is 2.35. The Labute approximate surface area is 151 Å². The Morgan fingerprint density at radius 3 is 2.92 bits per heavy atom. The van der Waals surface area contributed by atoms with Gasteiger partial charge in [-0.05, 0) is 32.8 Å². The van der Waals surface area contributed by atoms with Crippen molar-refractivity contribution in [1.29, 1.82) is 0 Å². The van der Waals surface area contributed by atoms with E-state index in [-0.39, 0.29) is 18.4 Å². The number of amides is 1. The Kier molecular flexibility index (Phi) is 5.18. The zero-order valence-electron chi connectivity index (χ0n) is 14.4. The van der Waals surface area contributed by atoms with Crippen molar-refractivity contribution in [2.75, 3.05) is 6.54 Å². The first kappa shape index (κ1) is 17.6. The number of nitrogens with zero attached hydrogens (tertiary/aromatic N) is 2. The number of carbonyl (C=O) groups is 2. The van der Waals surface area contributed by atoms with Crippen LogP contribution < -0.4 is 0 Å². The molecule has 0 saturated carbocycles. The molecule has 1 amide bonds. The second kappa shape index (κ2) is 7.35. The number of hydrogen-bond donors (Lipinski definition) is 1. The molecule has 1 N–H and O–H groups in total. The molecule has 2 heterocycles. The second-order valence-corrected chi connectivity index (χ2v) is 7.46. The molecule has 1 aromatic carbocycles. The maximum absolute atomic E-state index is 12.6. The van der Waals surface area contributed by atoms with Crippen molar-refractivity contribution in [2.24, 2.45) is 5.92 Å². The van der Waals surface area contributed by atoms with Gasteiger partial charge in [0, 0.05) is 23.5 Å². The van der Waals surface area contributed by atoms with Crippen LogP contribution in [0.4, 0.5) is 0 Å². The summed E-state index contributed by atoms with van der Waals surface area (Å²) in [7, 11) is 0. The van der Waals surface area contributed by atoms with Gasteiger partial charge in [-0.2, -0.15) is 0 Å². The molecule has 1 aliphatic heterocycles. The van der Waals surface area contributed by atoms with E-state index in [9.17, 15) is 14.7 Å². The summed E-state index contributed by atoms with van der Waals surface area (Å²) >= 11 is 1.53. The molecule has 132 valence electrons. The summed E-state index contributed by atoms with van der Waals surface area (Å²) in [5.74, 6) is -1.34. The van der Waals surface area contributed by atoms with Gasteiger partial charge in [0.1, 0.15) is 5.01 Å². The van der Waals surface area contributed by atoms with Gasteiger partial charge in [0.2, 0.25) is 5.91 Å². The molecule has 0 radical (unpaired) electrons. The summed E-state index contributed by atoms with van der Waals surface area (Å²) in [5.41, 5.74) is 2.98. The van der Waals surface area contributed by atoms with E-state index in [2.05, 4.69) is 11.1 Å². The highest BCUT2D eigenvalue weighted by molar-refractivity contribution is 7.13. The Morgan fingerprint density at radius 2 is 2.20 bits per heavy atom. The van der Waals surface area contributed by atoms with E-state index in [1.165, 1.54) is 16.9 Å². The number of benzene rings is 1. The number of thiazole rings is 1. The summed E-state index contributed by atoms with van der Waals surface area (Å²) < 4.78 is 0. The lowest BCUT2D eigenvalue weighted by Crippen LogP contribution is -2.49. The van der Waals surface area contributed by atoms with Crippen molar-refractivity contribution < 1.29 is 14.7 Å². The van der Waals surface area contributed by atoms with Crippen LogP contribution in [0.5, 0.6) is 0 Å². The first-order chi connectivity index (χ1) is 12.0. The SMILES string of the molecule is Cc1cccc(-c2nc(CC(=O)N3CCC[C@@H](C(=O)O)[C@H]3C)cs2)c1. The van der Waals surface area contributed by atoms with E-state index in [0.717, 1.165) is 22.7 Å². The summed E-state index contributed by atoms with van der Waals surface area (Å²) in [6, 6.07) is 7.86. The average molecular weight is 358 g/mol. The third-order valence-corrected chi connectivity index (χ3v) is 5.71. The number of aryl methyl sites for hydroxylation is 1. The van der Waals surface area contributed by atoms with Crippen molar-refractivity contribution in [3.8, 4) is 10.6 Å². The fourth-order valence-electron chi connectivity index (χ4n) is 3.38. The van der Waals surface area contributed by atoms with E-state index in [1.807, 2.05) is 37.4 Å². The molecule has 0 spiro atoms. The Morgan fingerprint density at radius 1 is 1.40 bits per heavy atom. The van der Waals surface area contributed by atoms with Gasteiger partial charge in [0.05, 0.1) is 18.0 Å². The molecule has 1 saturated heterocycles. The molecule has 0 bridgehead atoms. The van der Waals surface area contributed by atoms with E-state index < -0.39 is 11.9 Å². The lowest BCUT2D eigenvalue weighted by atomic mass is 9.90. The predicted molar refractivity (Wildman–Crippen MR) is 97.5 cm³/mol. The summed E-state index contributed by atoms with van der Waals surface area (Å²) in [4.78, 5) is 30.3. The number of carboxylic acid groups (broad SMARTS) is 1. The van der Waals surface area contributed by atoms with Crippen LogP contribution in [0.1, 0.15) is 31.0 Å². The molecule has 1 aromatic heterocycles. The first-order valence-corrected chi connectivity index (χ1v) is 9.37. The lowest BCUT2D eigenvalue weighted by Gasteiger charge is -2.37. The van der Waals surface area contributed by atoms with Crippen molar-refractivity contribution in [3.63, 3.8) is 0 Å². The fourth-order valence-corrected chi connectivity index (χ4v) is 4.20. The number of likely N-dealkylation sites (tertiary alicyclic amines) is 1. The monoisotopic (exact) mass is 358 g/mol. The Bertz CT molecular complexity index is 786. The number of hydrogen-bond acceptors (Lipinski definition) is 4. The molecule has 1 fully saturated rings. The largest absolute Gasteiger partial charge is 0.481 e. The smallest absolute Gasteiger partial charge is 0.308 e. The number of rotatable bonds is 4. The van der Waals surface area contributed by atoms with Gasteiger partial charge in [-0.3, -0.25) is 9.59 Å². The highest BCUT2D eigenvalue weighted by Crippen LogP contribution is 2.27. The molecule has 0 aliphatic carbocycles. The zero-order chi connectivity index (χ0) is 18.0. The van der Waals surface area contributed by atoms with Crippen molar-refractivity contribution in [2.45, 2.75) is 39.2 Å². The van der Waals surface area contributed by atoms with Crippen LogP contribution in [0.3, 0.4) is 0 Å². The molecule has 5 nitrogen and oxygen atoms in total. The predicted octanol–water partition coefficient (Wildman–Crippen LogP) is 3.37. The van der Waals surface area contributed by atoms with Crippen LogP contribution in [-0.2, 0) is 16.0 Å². The molecular weight excluding hydrogens is 336 g/mol. The third-order valence-electron chi connectivity index (χ3n) is 4.77. The number of aliphatic carboxylic acids is 1. The van der Waals surface area contributed by atoms with Gasteiger partial charge >= 0.3 is 5.97 Å². The normalized spacial score (nSPS) is 20.5. The first-order valence-electron chi connectivity index (χ1n) is 8.49. The minimum Gasteiger partial charge on any atom is -0.481 e. The zero-order valence-corrected chi connectivity index (χ0v) is 15.3. The number of carbonyl (C=O) groups excluding carboxylic acids is 1. The molecule has 2 atom stereocenters. The highest BCUT2D eigenvalue weighted by atomic mass is 32.1. The van der Waals surface area contributed by atoms with Crippen LogP contribution >= 0.6 is 11.3 Å². The topological polar surface area (TPSA) is 70.5 Å². The van der Waals surface area contributed by atoms with E-state index in [0.29, 0.717) is 13.0 Å². The molecule has 2 aromatic rings. The fraction of sp³-hybridized carbons (Fsp3) is 0.421. The van der Waals surface area contributed by atoms with Gasteiger partial charge in [0.25, 0.3) is 0 Å². The van der Waals surface area contributed by atoms with Crippen LogP contribution in [0.25, 0.3) is 10.6 Å². The van der Waals surface area contributed by atoms with E-state index in [1.54, 1.807) is 4.90 Å². The number of carboxylic acids is 1. The lowest BCUT2D eigenvalue weighted by molar-refractivity contribution is -0.148. The molecular formula is C19H22N2O3S.